The van der Waals surface area contributed by atoms with E-state index >= 15 is 0 Å². The predicted molar refractivity (Wildman–Crippen MR) is 19.1 cm³/mol. The summed E-state index contributed by atoms with van der Waals surface area (Å²) in [4.78, 5) is 9.66. The van der Waals surface area contributed by atoms with E-state index in [1.54, 1.807) is 0 Å². The van der Waals surface area contributed by atoms with Gasteiger partial charge in [0.25, 0.3) is 0 Å². The van der Waals surface area contributed by atoms with Gasteiger partial charge in [0.15, 0.2) is 0 Å². The monoisotopic (exact) mass is 172 g/mol. The maximum absolute atomic E-state index is 9.66. The first kappa shape index (κ1) is 10.2. The summed E-state index contributed by atoms with van der Waals surface area (Å²) in [6.45, 7) is 0. The number of hydrogen-bond donors (Lipinski definition) is 0. The van der Waals surface area contributed by atoms with Crippen LogP contribution in [0.2, 0.25) is 0 Å². The third-order valence-corrected chi connectivity index (χ3v) is 0.287. The van der Waals surface area contributed by atoms with Crippen molar-refractivity contribution in [3.63, 3.8) is 0 Å². The Balaban J connectivity index is 0. The van der Waals surface area contributed by atoms with Gasteiger partial charge in [-0.2, -0.15) is 0 Å². The fraction of sp³-hybridized carbons (Fsp3) is 0.250. The van der Waals surface area contributed by atoms with E-state index in [0.717, 1.165) is 0 Å². The molecule has 0 unspecified atom stereocenters. The molecule has 0 aliphatic carbocycles. The van der Waals surface area contributed by atoms with Crippen LogP contribution >= 0.6 is 0 Å². The zero-order chi connectivity index (χ0) is 4.99. The molecule has 0 aliphatic heterocycles. The Kier molecular flexibility index (Phi) is 8.92. The smallest absolute Gasteiger partial charge is 0.217 e. The van der Waals surface area contributed by atoms with Crippen LogP contribution in [-0.4, -0.2) is 13.1 Å². The molecule has 0 heterocycles. The summed E-state index contributed by atoms with van der Waals surface area (Å²) in [6, 6.07) is 0. The van der Waals surface area contributed by atoms with Crippen molar-refractivity contribution in [3.8, 4) is 5.92 Å². The van der Waals surface area contributed by atoms with E-state index in [4.69, 9.17) is 6.42 Å². The minimum Gasteiger partial charge on any atom is -0.544 e. The molecule has 0 N–H and O–H groups in total. The number of esters is 1. The Hall–Kier alpha value is 0.134. The van der Waals surface area contributed by atoms with E-state index < -0.39 is 5.97 Å². The van der Waals surface area contributed by atoms with Crippen molar-refractivity contribution in [2.75, 3.05) is 7.11 Å². The van der Waals surface area contributed by atoms with E-state index in [1.165, 1.54) is 13.0 Å². The van der Waals surface area contributed by atoms with Gasteiger partial charge < -0.3 is 16.0 Å². The van der Waals surface area contributed by atoms with Gasteiger partial charge in [-0.15, -0.1) is 0 Å². The molecule has 2 nitrogen and oxygen atoms in total. The maximum atomic E-state index is 9.66. The SMILES string of the molecule is [C-]#CC(=O)OC.[Y]. The summed E-state index contributed by atoms with van der Waals surface area (Å²) >= 11 is 0. The fourth-order valence-corrected chi connectivity index (χ4v) is 0.0510. The molecule has 0 saturated carbocycles. The van der Waals surface area contributed by atoms with Crippen molar-refractivity contribution in [2.24, 2.45) is 0 Å². The number of carbonyl (C=O) groups is 1. The predicted octanol–water partition coefficient (Wildman–Crippen LogP) is -0.253. The minimum absolute atomic E-state index is 0. The summed E-state index contributed by atoms with van der Waals surface area (Å²) < 4.78 is 3.96. The first-order valence-corrected chi connectivity index (χ1v) is 1.32. The van der Waals surface area contributed by atoms with Crippen LogP contribution in [0.1, 0.15) is 0 Å². The molecule has 0 aliphatic rings. The van der Waals surface area contributed by atoms with Gasteiger partial charge >= 0.3 is 0 Å². The molecular weight excluding hydrogens is 169 g/mol. The molecule has 0 fully saturated rings. The van der Waals surface area contributed by atoms with E-state index in [9.17, 15) is 4.79 Å². The van der Waals surface area contributed by atoms with Crippen LogP contribution in [0, 0.1) is 12.3 Å². The molecular formula is C4H3O2Y-. The molecule has 0 spiro atoms. The molecule has 0 rings (SSSR count). The van der Waals surface area contributed by atoms with Crippen molar-refractivity contribution in [1.29, 1.82) is 0 Å². The molecule has 0 aromatic rings. The molecule has 35 valence electrons. The average molecular weight is 172 g/mol. The summed E-state index contributed by atoms with van der Waals surface area (Å²) in [5.74, 6) is 0.763. The van der Waals surface area contributed by atoms with Gasteiger partial charge in [-0.1, -0.05) is 0 Å². The summed E-state index contributed by atoms with van der Waals surface area (Å²) in [7, 11) is 1.20. The van der Waals surface area contributed by atoms with Crippen molar-refractivity contribution in [1.82, 2.24) is 0 Å². The van der Waals surface area contributed by atoms with Crippen LogP contribution in [0.15, 0.2) is 0 Å². The molecule has 0 saturated heterocycles. The second-order valence-corrected chi connectivity index (χ2v) is 0.617. The van der Waals surface area contributed by atoms with Crippen LogP contribution in [0.5, 0.6) is 0 Å². The fourth-order valence-electron chi connectivity index (χ4n) is 0.0510. The molecule has 1 radical (unpaired) electrons. The number of carbonyl (C=O) groups excluding carboxylic acids is 1. The van der Waals surface area contributed by atoms with Crippen LogP contribution in [-0.2, 0) is 42.2 Å². The largest absolute Gasteiger partial charge is 0.544 e. The van der Waals surface area contributed by atoms with Crippen LogP contribution in [0.3, 0.4) is 0 Å². The number of ether oxygens (including phenoxy) is 1. The Bertz CT molecular complexity index is 92.4. The molecule has 0 amide bonds. The number of hydrogen-bond acceptors (Lipinski definition) is 2. The van der Waals surface area contributed by atoms with Crippen molar-refractivity contribution >= 4 is 5.97 Å². The average Bonchev–Trinajstić information content (AvgIpc) is 1.65. The Morgan fingerprint density at radius 1 is 1.86 bits per heavy atom. The third kappa shape index (κ3) is 6.13. The third-order valence-electron chi connectivity index (χ3n) is 0.287. The zero-order valence-electron chi connectivity index (χ0n) is 3.89. The summed E-state index contributed by atoms with van der Waals surface area (Å²) in [5.41, 5.74) is 0. The molecule has 0 atom stereocenters. The minimum atomic E-state index is -0.741. The maximum Gasteiger partial charge on any atom is 0.217 e. The topological polar surface area (TPSA) is 26.3 Å². The number of rotatable bonds is 0. The first-order valence-electron chi connectivity index (χ1n) is 1.32. The molecule has 0 bridgehead atoms. The van der Waals surface area contributed by atoms with Gasteiger partial charge in [-0.05, 0) is 0 Å². The van der Waals surface area contributed by atoms with Crippen LogP contribution < -0.4 is 0 Å². The molecule has 0 aromatic carbocycles. The van der Waals surface area contributed by atoms with Crippen LogP contribution in [0.25, 0.3) is 0 Å². The van der Waals surface area contributed by atoms with Crippen LogP contribution in [0.4, 0.5) is 0 Å². The second kappa shape index (κ2) is 6.13. The van der Waals surface area contributed by atoms with Gasteiger partial charge in [-0.3, -0.25) is 0 Å². The summed E-state index contributed by atoms with van der Waals surface area (Å²) in [5, 5.41) is 0. The molecule has 3 heteroatoms. The van der Waals surface area contributed by atoms with E-state index in [2.05, 4.69) is 4.74 Å². The molecule has 0 aromatic heterocycles. The van der Waals surface area contributed by atoms with Crippen molar-refractivity contribution < 1.29 is 42.2 Å². The van der Waals surface area contributed by atoms with E-state index in [1.807, 2.05) is 0 Å². The van der Waals surface area contributed by atoms with Gasteiger partial charge in [0.1, 0.15) is 0 Å². The van der Waals surface area contributed by atoms with Gasteiger partial charge in [-0.25, -0.2) is 5.92 Å². The quantitative estimate of drug-likeness (QED) is 0.286. The van der Waals surface area contributed by atoms with Crippen molar-refractivity contribution in [2.45, 2.75) is 0 Å². The van der Waals surface area contributed by atoms with Gasteiger partial charge in [0.2, 0.25) is 5.97 Å². The summed E-state index contributed by atoms with van der Waals surface area (Å²) in [6.07, 6.45) is 6.08. The van der Waals surface area contributed by atoms with Crippen molar-refractivity contribution in [3.05, 3.63) is 6.42 Å². The number of methoxy groups -OCH3 is 1. The Morgan fingerprint density at radius 2 is 2.29 bits per heavy atom. The first-order chi connectivity index (χ1) is 2.81. The molecule has 7 heavy (non-hydrogen) atoms. The normalized spacial score (nSPS) is 5.14. The van der Waals surface area contributed by atoms with E-state index in [-0.39, 0.29) is 32.7 Å². The second-order valence-electron chi connectivity index (χ2n) is 0.617. The van der Waals surface area contributed by atoms with Gasteiger partial charge in [0.05, 0.1) is 7.11 Å². The Labute approximate surface area is 67.5 Å². The zero-order valence-corrected chi connectivity index (χ0v) is 6.73. The van der Waals surface area contributed by atoms with Gasteiger partial charge in [0, 0.05) is 32.7 Å². The van der Waals surface area contributed by atoms with E-state index in [0.29, 0.717) is 0 Å². The standard InChI is InChI=1S/C4H3O2.Y/c1-3-4(5)6-2;/h2H3;/q-1;. The Morgan fingerprint density at radius 3 is 2.29 bits per heavy atom.